The summed E-state index contributed by atoms with van der Waals surface area (Å²) in [6.07, 6.45) is 10.8. The van der Waals surface area contributed by atoms with E-state index in [1.165, 1.54) is 19.3 Å². The number of carbonyl (C=O) groups excluding carboxylic acids is 1. The molecule has 0 bridgehead atoms. The first kappa shape index (κ1) is 7.99. The van der Waals surface area contributed by atoms with E-state index in [0.717, 1.165) is 12.8 Å². The third kappa shape index (κ3) is 1.95. The first-order valence-electron chi connectivity index (χ1n) is 4.71. The van der Waals surface area contributed by atoms with Gasteiger partial charge in [0.1, 0.15) is 0 Å². The highest BCUT2D eigenvalue weighted by Gasteiger charge is 2.42. The van der Waals surface area contributed by atoms with E-state index in [1.54, 1.807) is 6.08 Å². The Bertz CT molecular complexity index is 200. The van der Waals surface area contributed by atoms with Gasteiger partial charge in [-0.05, 0) is 31.8 Å². The van der Waals surface area contributed by atoms with Gasteiger partial charge in [0.05, 0.1) is 12.2 Å². The topological polar surface area (TPSA) is 29.6 Å². The zero-order valence-electron chi connectivity index (χ0n) is 7.16. The molecule has 0 radical (unpaired) electrons. The Labute approximate surface area is 72.6 Å². The molecular weight excluding hydrogens is 152 g/mol. The Morgan fingerprint density at radius 3 is 2.25 bits per heavy atom. The second-order valence-corrected chi connectivity index (χ2v) is 3.55. The van der Waals surface area contributed by atoms with E-state index in [9.17, 15) is 4.79 Å². The molecule has 2 fully saturated rings. The summed E-state index contributed by atoms with van der Waals surface area (Å²) < 4.78 is 5.15. The van der Waals surface area contributed by atoms with Crippen LogP contribution in [-0.4, -0.2) is 18.0 Å². The van der Waals surface area contributed by atoms with Gasteiger partial charge in [-0.15, -0.1) is 0 Å². The van der Waals surface area contributed by atoms with E-state index in [1.807, 2.05) is 6.08 Å². The highest BCUT2D eigenvalue weighted by molar-refractivity contribution is 5.91. The van der Waals surface area contributed by atoms with Crippen LogP contribution in [0.3, 0.4) is 0 Å². The minimum absolute atomic E-state index is 0.273. The minimum Gasteiger partial charge on any atom is -0.370 e. The van der Waals surface area contributed by atoms with Crippen LogP contribution in [0.5, 0.6) is 0 Å². The molecule has 1 saturated carbocycles. The SMILES string of the molecule is C1CC2OC2C1.O=C1C=CCC1. The largest absolute Gasteiger partial charge is 0.370 e. The van der Waals surface area contributed by atoms with Gasteiger partial charge in [0.2, 0.25) is 0 Å². The maximum Gasteiger partial charge on any atom is 0.155 e. The Kier molecular flexibility index (Phi) is 2.26. The second kappa shape index (κ2) is 3.40. The summed E-state index contributed by atoms with van der Waals surface area (Å²) in [4.78, 5) is 10.2. The normalized spacial score (nSPS) is 35.8. The smallest absolute Gasteiger partial charge is 0.155 e. The maximum absolute atomic E-state index is 10.2. The molecule has 3 aliphatic rings. The van der Waals surface area contributed by atoms with Crippen molar-refractivity contribution in [1.29, 1.82) is 0 Å². The molecule has 0 N–H and O–H groups in total. The molecule has 0 aromatic heterocycles. The number of allylic oxidation sites excluding steroid dienone is 2. The summed E-state index contributed by atoms with van der Waals surface area (Å²) in [5.41, 5.74) is 0. The van der Waals surface area contributed by atoms with Gasteiger partial charge in [0.25, 0.3) is 0 Å². The zero-order valence-corrected chi connectivity index (χ0v) is 7.16. The summed E-state index contributed by atoms with van der Waals surface area (Å²) in [6, 6.07) is 0. The van der Waals surface area contributed by atoms with Crippen LogP contribution in [0.15, 0.2) is 12.2 Å². The molecule has 2 heteroatoms. The van der Waals surface area contributed by atoms with Crippen LogP contribution in [0.25, 0.3) is 0 Å². The van der Waals surface area contributed by atoms with Crippen LogP contribution < -0.4 is 0 Å². The molecule has 1 saturated heterocycles. The highest BCUT2D eigenvalue weighted by atomic mass is 16.6. The molecule has 0 aromatic carbocycles. The molecule has 2 atom stereocenters. The van der Waals surface area contributed by atoms with Crippen molar-refractivity contribution in [3.05, 3.63) is 12.2 Å². The Balaban J connectivity index is 0.0000000939. The van der Waals surface area contributed by atoms with E-state index in [4.69, 9.17) is 4.74 Å². The number of ketones is 1. The Hall–Kier alpha value is -0.630. The van der Waals surface area contributed by atoms with Gasteiger partial charge in [-0.2, -0.15) is 0 Å². The molecule has 66 valence electrons. The Morgan fingerprint density at radius 1 is 1.33 bits per heavy atom. The third-order valence-electron chi connectivity index (χ3n) is 2.53. The predicted octanol–water partition coefficient (Wildman–Crippen LogP) is 1.84. The first-order chi connectivity index (χ1) is 5.86. The number of hydrogen-bond acceptors (Lipinski definition) is 2. The van der Waals surface area contributed by atoms with Crippen molar-refractivity contribution in [2.45, 2.75) is 44.3 Å². The lowest BCUT2D eigenvalue weighted by Gasteiger charge is -1.81. The fourth-order valence-electron chi connectivity index (χ4n) is 1.73. The van der Waals surface area contributed by atoms with E-state index < -0.39 is 0 Å². The van der Waals surface area contributed by atoms with Gasteiger partial charge < -0.3 is 4.74 Å². The molecule has 1 aliphatic heterocycles. The summed E-state index contributed by atoms with van der Waals surface area (Å²) in [6.45, 7) is 0. The van der Waals surface area contributed by atoms with Crippen molar-refractivity contribution in [3.63, 3.8) is 0 Å². The van der Waals surface area contributed by atoms with Crippen LogP contribution >= 0.6 is 0 Å². The van der Waals surface area contributed by atoms with Crippen LogP contribution in [0.4, 0.5) is 0 Å². The predicted molar refractivity (Wildman–Crippen MR) is 45.9 cm³/mol. The molecule has 1 heterocycles. The molecule has 0 aromatic rings. The van der Waals surface area contributed by atoms with E-state index >= 15 is 0 Å². The van der Waals surface area contributed by atoms with Gasteiger partial charge in [-0.1, -0.05) is 6.08 Å². The number of hydrogen-bond donors (Lipinski definition) is 0. The number of fused-ring (bicyclic) bond motifs is 1. The molecule has 2 nitrogen and oxygen atoms in total. The van der Waals surface area contributed by atoms with E-state index in [0.29, 0.717) is 12.2 Å². The molecular formula is C10H14O2. The number of rotatable bonds is 0. The average Bonchev–Trinajstić information content (AvgIpc) is 2.55. The lowest BCUT2D eigenvalue weighted by molar-refractivity contribution is -0.114. The van der Waals surface area contributed by atoms with Crippen molar-refractivity contribution >= 4 is 5.78 Å². The zero-order chi connectivity index (χ0) is 8.39. The van der Waals surface area contributed by atoms with Crippen LogP contribution in [-0.2, 0) is 9.53 Å². The number of carbonyl (C=O) groups is 1. The minimum atomic E-state index is 0.273. The van der Waals surface area contributed by atoms with Gasteiger partial charge in [0.15, 0.2) is 5.78 Å². The van der Waals surface area contributed by atoms with Crippen molar-refractivity contribution in [1.82, 2.24) is 0 Å². The third-order valence-corrected chi connectivity index (χ3v) is 2.53. The van der Waals surface area contributed by atoms with Gasteiger partial charge in [0, 0.05) is 6.42 Å². The summed E-state index contributed by atoms with van der Waals surface area (Å²) >= 11 is 0. The molecule has 0 amide bonds. The van der Waals surface area contributed by atoms with Crippen molar-refractivity contribution in [3.8, 4) is 0 Å². The number of ether oxygens (including phenoxy) is 1. The molecule has 2 aliphatic carbocycles. The fraction of sp³-hybridized carbons (Fsp3) is 0.700. The summed E-state index contributed by atoms with van der Waals surface area (Å²) in [5, 5.41) is 0. The molecule has 2 unspecified atom stereocenters. The van der Waals surface area contributed by atoms with Crippen molar-refractivity contribution in [2.75, 3.05) is 0 Å². The quantitative estimate of drug-likeness (QED) is 0.514. The molecule has 0 spiro atoms. The molecule has 3 rings (SSSR count). The van der Waals surface area contributed by atoms with Crippen LogP contribution in [0.1, 0.15) is 32.1 Å². The van der Waals surface area contributed by atoms with Crippen LogP contribution in [0, 0.1) is 0 Å². The van der Waals surface area contributed by atoms with Crippen molar-refractivity contribution in [2.24, 2.45) is 0 Å². The second-order valence-electron chi connectivity index (χ2n) is 3.55. The fourth-order valence-corrected chi connectivity index (χ4v) is 1.73. The average molecular weight is 166 g/mol. The van der Waals surface area contributed by atoms with Crippen LogP contribution in [0.2, 0.25) is 0 Å². The lowest BCUT2D eigenvalue weighted by atomic mass is 10.3. The number of epoxide rings is 1. The summed E-state index contributed by atoms with van der Waals surface area (Å²) in [7, 11) is 0. The van der Waals surface area contributed by atoms with E-state index in [-0.39, 0.29) is 5.78 Å². The van der Waals surface area contributed by atoms with Gasteiger partial charge in [-0.3, -0.25) is 4.79 Å². The standard InChI is InChI=1S/C5H8O.C5H6O/c1-2-4-5(3-1)6-4;6-5-3-1-2-4-5/h4-5H,1-3H2;1,3H,2,4H2. The lowest BCUT2D eigenvalue weighted by Crippen LogP contribution is -1.80. The van der Waals surface area contributed by atoms with Gasteiger partial charge >= 0.3 is 0 Å². The van der Waals surface area contributed by atoms with Crippen molar-refractivity contribution < 1.29 is 9.53 Å². The van der Waals surface area contributed by atoms with E-state index in [2.05, 4.69) is 0 Å². The maximum atomic E-state index is 10.2. The van der Waals surface area contributed by atoms with Gasteiger partial charge in [-0.25, -0.2) is 0 Å². The molecule has 12 heavy (non-hydrogen) atoms. The monoisotopic (exact) mass is 166 g/mol. The summed E-state index contributed by atoms with van der Waals surface area (Å²) in [5.74, 6) is 0.273. The first-order valence-corrected chi connectivity index (χ1v) is 4.71. The highest BCUT2D eigenvalue weighted by Crippen LogP contribution is 2.37. The Morgan fingerprint density at radius 2 is 2.08 bits per heavy atom.